The van der Waals surface area contributed by atoms with Gasteiger partial charge < -0.3 is 4.74 Å². The van der Waals surface area contributed by atoms with Crippen molar-refractivity contribution in [1.82, 2.24) is 15.0 Å². The van der Waals surface area contributed by atoms with E-state index in [1.807, 2.05) is 12.3 Å². The standard InChI is InChI=1S/C12H13N3O2S/c1-3-17-12(16)9-4-5-13-10(15-9)6-11-14-8(2)7-18-11/h4-5,7H,3,6H2,1-2H3. The number of esters is 1. The first-order valence-corrected chi connectivity index (χ1v) is 6.47. The van der Waals surface area contributed by atoms with E-state index in [9.17, 15) is 4.79 Å². The summed E-state index contributed by atoms with van der Waals surface area (Å²) in [6.07, 6.45) is 2.10. The largest absolute Gasteiger partial charge is 0.461 e. The molecule has 2 aromatic rings. The molecule has 0 saturated heterocycles. The minimum absolute atomic E-state index is 0.287. The fourth-order valence-electron chi connectivity index (χ4n) is 1.42. The van der Waals surface area contributed by atoms with Gasteiger partial charge in [-0.05, 0) is 19.9 Å². The van der Waals surface area contributed by atoms with Crippen LogP contribution in [0.3, 0.4) is 0 Å². The summed E-state index contributed by atoms with van der Waals surface area (Å²) in [5.74, 6) is 0.159. The third-order valence-electron chi connectivity index (χ3n) is 2.17. The van der Waals surface area contributed by atoms with Crippen molar-refractivity contribution < 1.29 is 9.53 Å². The second kappa shape index (κ2) is 5.68. The third kappa shape index (κ3) is 3.10. The maximum atomic E-state index is 11.5. The van der Waals surface area contributed by atoms with Gasteiger partial charge in [0, 0.05) is 17.3 Å². The molecule has 0 N–H and O–H groups in total. The van der Waals surface area contributed by atoms with Crippen LogP contribution in [0, 0.1) is 6.92 Å². The molecule has 18 heavy (non-hydrogen) atoms. The molecule has 0 atom stereocenters. The SMILES string of the molecule is CCOC(=O)c1ccnc(Cc2nc(C)cs2)n1. The molecule has 2 aromatic heterocycles. The molecule has 0 aliphatic carbocycles. The molecule has 0 saturated carbocycles. The zero-order chi connectivity index (χ0) is 13.0. The van der Waals surface area contributed by atoms with Crippen molar-refractivity contribution in [2.45, 2.75) is 20.3 Å². The van der Waals surface area contributed by atoms with Gasteiger partial charge in [-0.3, -0.25) is 0 Å². The predicted molar refractivity (Wildman–Crippen MR) is 67.6 cm³/mol. The van der Waals surface area contributed by atoms with Gasteiger partial charge in [-0.25, -0.2) is 19.7 Å². The van der Waals surface area contributed by atoms with Crippen molar-refractivity contribution in [3.8, 4) is 0 Å². The molecule has 0 aromatic carbocycles. The average molecular weight is 263 g/mol. The van der Waals surface area contributed by atoms with Crippen LogP contribution in [-0.2, 0) is 11.2 Å². The zero-order valence-electron chi connectivity index (χ0n) is 10.2. The predicted octanol–water partition coefficient (Wildman–Crippen LogP) is 2.01. The topological polar surface area (TPSA) is 65.0 Å². The number of carbonyl (C=O) groups is 1. The Morgan fingerprint density at radius 1 is 1.44 bits per heavy atom. The Bertz CT molecular complexity index is 554. The van der Waals surface area contributed by atoms with E-state index < -0.39 is 5.97 Å². The van der Waals surface area contributed by atoms with Gasteiger partial charge in [0.1, 0.15) is 10.8 Å². The van der Waals surface area contributed by atoms with Crippen LogP contribution >= 0.6 is 11.3 Å². The minimum Gasteiger partial charge on any atom is -0.461 e. The van der Waals surface area contributed by atoms with E-state index in [1.165, 1.54) is 0 Å². The Balaban J connectivity index is 2.14. The van der Waals surface area contributed by atoms with Gasteiger partial charge in [-0.1, -0.05) is 0 Å². The highest BCUT2D eigenvalue weighted by Crippen LogP contribution is 2.12. The summed E-state index contributed by atoms with van der Waals surface area (Å²) in [5.41, 5.74) is 1.27. The maximum Gasteiger partial charge on any atom is 0.357 e. The number of thiazole rings is 1. The Morgan fingerprint density at radius 2 is 2.28 bits per heavy atom. The normalized spacial score (nSPS) is 10.3. The molecule has 94 valence electrons. The van der Waals surface area contributed by atoms with E-state index in [1.54, 1.807) is 30.5 Å². The number of carbonyl (C=O) groups excluding carboxylic acids is 1. The van der Waals surface area contributed by atoms with Crippen LogP contribution in [0.4, 0.5) is 0 Å². The summed E-state index contributed by atoms with van der Waals surface area (Å²) >= 11 is 1.56. The molecular weight excluding hydrogens is 250 g/mol. The molecular formula is C12H13N3O2S. The molecule has 0 aliphatic heterocycles. The second-order valence-electron chi connectivity index (χ2n) is 3.64. The van der Waals surface area contributed by atoms with Gasteiger partial charge in [0.25, 0.3) is 0 Å². The van der Waals surface area contributed by atoms with Gasteiger partial charge in [0.2, 0.25) is 0 Å². The van der Waals surface area contributed by atoms with E-state index >= 15 is 0 Å². The van der Waals surface area contributed by atoms with Gasteiger partial charge in [0.05, 0.1) is 13.0 Å². The van der Waals surface area contributed by atoms with E-state index in [2.05, 4.69) is 15.0 Å². The van der Waals surface area contributed by atoms with Crippen LogP contribution in [0.1, 0.15) is 33.9 Å². The second-order valence-corrected chi connectivity index (χ2v) is 4.58. The van der Waals surface area contributed by atoms with Crippen molar-refractivity contribution in [2.24, 2.45) is 0 Å². The van der Waals surface area contributed by atoms with Crippen LogP contribution in [0.15, 0.2) is 17.6 Å². The minimum atomic E-state index is -0.420. The molecule has 0 radical (unpaired) electrons. The molecule has 0 unspecified atom stereocenters. The van der Waals surface area contributed by atoms with Crippen LogP contribution in [-0.4, -0.2) is 27.5 Å². The van der Waals surface area contributed by atoms with Crippen LogP contribution in [0.25, 0.3) is 0 Å². The smallest absolute Gasteiger partial charge is 0.357 e. The Morgan fingerprint density at radius 3 is 2.94 bits per heavy atom. The number of hydrogen-bond acceptors (Lipinski definition) is 6. The summed E-state index contributed by atoms with van der Waals surface area (Å²) in [6.45, 7) is 4.04. The molecule has 0 bridgehead atoms. The molecule has 2 rings (SSSR count). The number of hydrogen-bond donors (Lipinski definition) is 0. The van der Waals surface area contributed by atoms with Crippen LogP contribution in [0.2, 0.25) is 0 Å². The van der Waals surface area contributed by atoms with Crippen LogP contribution in [0.5, 0.6) is 0 Å². The number of aryl methyl sites for hydroxylation is 1. The summed E-state index contributed by atoms with van der Waals surface area (Å²) in [4.78, 5) is 24.2. The van der Waals surface area contributed by atoms with Crippen molar-refractivity contribution in [3.05, 3.63) is 39.9 Å². The highest BCUT2D eigenvalue weighted by Gasteiger charge is 2.10. The highest BCUT2D eigenvalue weighted by molar-refractivity contribution is 7.09. The summed E-state index contributed by atoms with van der Waals surface area (Å²) < 4.78 is 4.90. The quantitative estimate of drug-likeness (QED) is 0.789. The first kappa shape index (κ1) is 12.6. The molecule has 2 heterocycles. The lowest BCUT2D eigenvalue weighted by Gasteiger charge is -2.02. The monoisotopic (exact) mass is 263 g/mol. The molecule has 5 nitrogen and oxygen atoms in total. The average Bonchev–Trinajstić information content (AvgIpc) is 2.75. The zero-order valence-corrected chi connectivity index (χ0v) is 11.0. The molecule has 0 fully saturated rings. The summed E-state index contributed by atoms with van der Waals surface area (Å²) in [5, 5.41) is 2.92. The Kier molecular flexibility index (Phi) is 3.99. The number of aromatic nitrogens is 3. The van der Waals surface area contributed by atoms with Gasteiger partial charge in [0.15, 0.2) is 5.69 Å². The van der Waals surface area contributed by atoms with E-state index in [-0.39, 0.29) is 5.69 Å². The Labute approximate surface area is 109 Å². The van der Waals surface area contributed by atoms with Crippen molar-refractivity contribution in [3.63, 3.8) is 0 Å². The fraction of sp³-hybridized carbons (Fsp3) is 0.333. The first-order chi connectivity index (χ1) is 8.69. The lowest BCUT2D eigenvalue weighted by atomic mass is 10.3. The molecule has 0 spiro atoms. The van der Waals surface area contributed by atoms with Gasteiger partial charge in [-0.15, -0.1) is 11.3 Å². The highest BCUT2D eigenvalue weighted by atomic mass is 32.1. The maximum absolute atomic E-state index is 11.5. The van der Waals surface area contributed by atoms with Crippen molar-refractivity contribution >= 4 is 17.3 Å². The van der Waals surface area contributed by atoms with Crippen molar-refractivity contribution in [2.75, 3.05) is 6.61 Å². The molecule has 0 aliphatic rings. The number of rotatable bonds is 4. The van der Waals surface area contributed by atoms with Crippen molar-refractivity contribution in [1.29, 1.82) is 0 Å². The van der Waals surface area contributed by atoms with E-state index in [0.29, 0.717) is 18.9 Å². The number of ether oxygens (including phenoxy) is 1. The number of nitrogens with zero attached hydrogens (tertiary/aromatic N) is 3. The van der Waals surface area contributed by atoms with Gasteiger partial charge in [-0.2, -0.15) is 0 Å². The molecule has 0 amide bonds. The van der Waals surface area contributed by atoms with Crippen LogP contribution < -0.4 is 0 Å². The lowest BCUT2D eigenvalue weighted by Crippen LogP contribution is -2.09. The lowest BCUT2D eigenvalue weighted by molar-refractivity contribution is 0.0519. The third-order valence-corrected chi connectivity index (χ3v) is 3.13. The first-order valence-electron chi connectivity index (χ1n) is 5.59. The summed E-state index contributed by atoms with van der Waals surface area (Å²) in [6, 6.07) is 1.55. The summed E-state index contributed by atoms with van der Waals surface area (Å²) in [7, 11) is 0. The van der Waals surface area contributed by atoms with E-state index in [0.717, 1.165) is 10.7 Å². The van der Waals surface area contributed by atoms with Gasteiger partial charge >= 0.3 is 5.97 Å². The fourth-order valence-corrected chi connectivity index (χ4v) is 2.19. The molecule has 6 heteroatoms. The Hall–Kier alpha value is -1.82. The van der Waals surface area contributed by atoms with E-state index in [4.69, 9.17) is 4.74 Å².